The number of carbonyl (C=O) groups excluding carboxylic acids is 2. The molecule has 0 spiro atoms. The van der Waals surface area contributed by atoms with Gasteiger partial charge in [-0.05, 0) is 12.3 Å². The van der Waals surface area contributed by atoms with Crippen molar-refractivity contribution in [3.8, 4) is 0 Å². The van der Waals surface area contributed by atoms with Gasteiger partial charge in [-0.3, -0.25) is 14.4 Å². The minimum Gasteiger partial charge on any atom is -0.481 e. The van der Waals surface area contributed by atoms with Crippen molar-refractivity contribution in [2.75, 3.05) is 24.6 Å². The van der Waals surface area contributed by atoms with Gasteiger partial charge in [0, 0.05) is 18.7 Å². The molecule has 1 aliphatic heterocycles. The number of likely N-dealkylation sites (tertiary alicyclic amines) is 1. The summed E-state index contributed by atoms with van der Waals surface area (Å²) in [6, 6.07) is 8.99. The molecular weight excluding hydrogens is 326 g/mol. The van der Waals surface area contributed by atoms with Crippen molar-refractivity contribution < 1.29 is 19.5 Å². The van der Waals surface area contributed by atoms with Crippen LogP contribution in [0.3, 0.4) is 0 Å². The third-order valence-electron chi connectivity index (χ3n) is 4.74. The molecule has 1 unspecified atom stereocenters. The van der Waals surface area contributed by atoms with Crippen LogP contribution in [0.2, 0.25) is 0 Å². The lowest BCUT2D eigenvalue weighted by Crippen LogP contribution is -2.41. The van der Waals surface area contributed by atoms with E-state index in [1.807, 2.05) is 32.0 Å². The molecular formula is C18H23NO4S. The van der Waals surface area contributed by atoms with Crippen molar-refractivity contribution in [1.29, 1.82) is 0 Å². The number of carboxylic acids is 1. The van der Waals surface area contributed by atoms with Gasteiger partial charge in [-0.25, -0.2) is 0 Å². The van der Waals surface area contributed by atoms with E-state index in [1.54, 1.807) is 17.0 Å². The highest BCUT2D eigenvalue weighted by Gasteiger charge is 2.48. The Hall–Kier alpha value is -1.82. The molecule has 0 aromatic heterocycles. The Labute approximate surface area is 146 Å². The number of ketones is 1. The van der Waals surface area contributed by atoms with E-state index >= 15 is 0 Å². The molecule has 2 rings (SSSR count). The quantitative estimate of drug-likeness (QED) is 0.766. The number of hydrogen-bond acceptors (Lipinski definition) is 4. The van der Waals surface area contributed by atoms with E-state index in [1.165, 1.54) is 11.8 Å². The van der Waals surface area contributed by atoms with Crippen LogP contribution in [0.25, 0.3) is 0 Å². The summed E-state index contributed by atoms with van der Waals surface area (Å²) in [6.45, 7) is 4.49. The largest absolute Gasteiger partial charge is 0.481 e. The minimum atomic E-state index is -0.847. The summed E-state index contributed by atoms with van der Waals surface area (Å²) in [7, 11) is 0. The van der Waals surface area contributed by atoms with E-state index in [0.717, 1.165) is 0 Å². The summed E-state index contributed by atoms with van der Waals surface area (Å²) in [5.74, 6) is -0.508. The number of carbonyl (C=O) groups is 3. The van der Waals surface area contributed by atoms with E-state index in [-0.39, 0.29) is 35.7 Å². The average molecular weight is 349 g/mol. The first-order chi connectivity index (χ1) is 11.4. The number of amides is 1. The van der Waals surface area contributed by atoms with Gasteiger partial charge in [0.1, 0.15) is 0 Å². The van der Waals surface area contributed by atoms with Gasteiger partial charge < -0.3 is 10.0 Å². The Morgan fingerprint density at radius 1 is 1.21 bits per heavy atom. The zero-order chi connectivity index (χ0) is 17.7. The van der Waals surface area contributed by atoms with Crippen LogP contribution in [-0.2, 0) is 9.59 Å². The van der Waals surface area contributed by atoms with Gasteiger partial charge in [0.05, 0.1) is 16.9 Å². The summed E-state index contributed by atoms with van der Waals surface area (Å²) < 4.78 is 0. The van der Waals surface area contributed by atoms with Crippen molar-refractivity contribution in [1.82, 2.24) is 4.90 Å². The van der Waals surface area contributed by atoms with Gasteiger partial charge in [-0.2, -0.15) is 0 Å². The molecule has 6 heteroatoms. The molecule has 0 aliphatic carbocycles. The standard InChI is InChI=1S/C18H23NO4S/c1-13(2)18(17(22)23)8-9-19(12-18)16(21)11-24-10-15(20)14-6-4-3-5-7-14/h3-7,13H,8-12H2,1-2H3,(H,22,23). The topological polar surface area (TPSA) is 74.7 Å². The van der Waals surface area contributed by atoms with Crippen molar-refractivity contribution in [3.63, 3.8) is 0 Å². The lowest BCUT2D eigenvalue weighted by atomic mass is 9.76. The number of thioether (sulfide) groups is 1. The molecule has 1 fully saturated rings. The highest BCUT2D eigenvalue weighted by atomic mass is 32.2. The Morgan fingerprint density at radius 3 is 2.42 bits per heavy atom. The van der Waals surface area contributed by atoms with E-state index in [4.69, 9.17) is 0 Å². The number of benzene rings is 1. The van der Waals surface area contributed by atoms with E-state index in [9.17, 15) is 19.5 Å². The molecule has 1 atom stereocenters. The second kappa shape index (κ2) is 7.83. The third-order valence-corrected chi connectivity index (χ3v) is 5.66. The van der Waals surface area contributed by atoms with Crippen LogP contribution in [0.1, 0.15) is 30.6 Å². The molecule has 1 N–H and O–H groups in total. The van der Waals surface area contributed by atoms with Crippen LogP contribution in [0.5, 0.6) is 0 Å². The lowest BCUT2D eigenvalue weighted by molar-refractivity contribution is -0.151. The van der Waals surface area contributed by atoms with Crippen LogP contribution in [0, 0.1) is 11.3 Å². The normalized spacial score (nSPS) is 20.4. The molecule has 0 saturated carbocycles. The third kappa shape index (κ3) is 3.98. The smallest absolute Gasteiger partial charge is 0.311 e. The molecule has 0 bridgehead atoms. The number of aliphatic carboxylic acids is 1. The van der Waals surface area contributed by atoms with Gasteiger partial charge in [0.15, 0.2) is 5.78 Å². The molecule has 1 saturated heterocycles. The Bertz CT molecular complexity index is 617. The summed E-state index contributed by atoms with van der Waals surface area (Å²) in [5.41, 5.74) is -0.205. The van der Waals surface area contributed by atoms with Gasteiger partial charge in [-0.1, -0.05) is 44.2 Å². The molecule has 5 nitrogen and oxygen atoms in total. The fraction of sp³-hybridized carbons (Fsp3) is 0.500. The SMILES string of the molecule is CC(C)C1(C(=O)O)CCN(C(=O)CSCC(=O)c2ccccc2)C1. The Kier molecular flexibility index (Phi) is 6.04. The van der Waals surface area contributed by atoms with Crippen LogP contribution in [-0.4, -0.2) is 52.3 Å². The predicted octanol–water partition coefficient (Wildman–Crippen LogP) is 2.56. The first-order valence-electron chi connectivity index (χ1n) is 8.04. The molecule has 130 valence electrons. The number of rotatable bonds is 7. The molecule has 24 heavy (non-hydrogen) atoms. The highest BCUT2D eigenvalue weighted by molar-refractivity contribution is 8.00. The van der Waals surface area contributed by atoms with E-state index in [0.29, 0.717) is 18.5 Å². The summed E-state index contributed by atoms with van der Waals surface area (Å²) in [5, 5.41) is 9.52. The van der Waals surface area contributed by atoms with E-state index < -0.39 is 11.4 Å². The first-order valence-corrected chi connectivity index (χ1v) is 9.19. The molecule has 1 aliphatic rings. The number of hydrogen-bond donors (Lipinski definition) is 1. The summed E-state index contributed by atoms with van der Waals surface area (Å²) in [6.07, 6.45) is 0.485. The maximum Gasteiger partial charge on any atom is 0.311 e. The number of carboxylic acid groups (broad SMARTS) is 1. The monoisotopic (exact) mass is 349 g/mol. The zero-order valence-corrected chi connectivity index (χ0v) is 14.8. The fourth-order valence-corrected chi connectivity index (χ4v) is 3.78. The minimum absolute atomic E-state index is 0.00288. The van der Waals surface area contributed by atoms with Gasteiger partial charge in [-0.15, -0.1) is 11.8 Å². The number of nitrogens with zero attached hydrogens (tertiary/aromatic N) is 1. The molecule has 1 amide bonds. The van der Waals surface area contributed by atoms with Crippen LogP contribution < -0.4 is 0 Å². The summed E-state index contributed by atoms with van der Waals surface area (Å²) in [4.78, 5) is 37.5. The van der Waals surface area contributed by atoms with Crippen molar-refractivity contribution in [2.24, 2.45) is 11.3 Å². The molecule has 1 aromatic carbocycles. The predicted molar refractivity (Wildman–Crippen MR) is 94.2 cm³/mol. The second-order valence-corrected chi connectivity index (χ2v) is 7.45. The van der Waals surface area contributed by atoms with Crippen LogP contribution in [0.4, 0.5) is 0 Å². The van der Waals surface area contributed by atoms with Gasteiger partial charge in [0.25, 0.3) is 0 Å². The first kappa shape index (κ1) is 18.5. The molecule has 0 radical (unpaired) electrons. The van der Waals surface area contributed by atoms with Gasteiger partial charge in [0.2, 0.25) is 5.91 Å². The maximum atomic E-state index is 12.3. The van der Waals surface area contributed by atoms with Crippen molar-refractivity contribution in [2.45, 2.75) is 20.3 Å². The summed E-state index contributed by atoms with van der Waals surface area (Å²) >= 11 is 1.28. The lowest BCUT2D eigenvalue weighted by Gasteiger charge is -2.28. The molecule has 1 aromatic rings. The fourth-order valence-electron chi connectivity index (χ4n) is 2.97. The van der Waals surface area contributed by atoms with Crippen LogP contribution in [0.15, 0.2) is 30.3 Å². The average Bonchev–Trinajstić information content (AvgIpc) is 3.02. The van der Waals surface area contributed by atoms with Gasteiger partial charge >= 0.3 is 5.97 Å². The molecule has 1 heterocycles. The van der Waals surface area contributed by atoms with Crippen LogP contribution >= 0.6 is 11.8 Å². The van der Waals surface area contributed by atoms with Crippen molar-refractivity contribution >= 4 is 29.4 Å². The highest BCUT2D eigenvalue weighted by Crippen LogP contribution is 2.38. The zero-order valence-electron chi connectivity index (χ0n) is 14.0. The number of Topliss-reactive ketones (excluding diaryl/α,β-unsaturated/α-hetero) is 1. The van der Waals surface area contributed by atoms with Crippen molar-refractivity contribution in [3.05, 3.63) is 35.9 Å². The Morgan fingerprint density at radius 2 is 1.88 bits per heavy atom. The maximum absolute atomic E-state index is 12.3. The second-order valence-electron chi connectivity index (χ2n) is 6.46. The Balaban J connectivity index is 1.84. The van der Waals surface area contributed by atoms with E-state index in [2.05, 4.69) is 0 Å².